The number of nitrogens with zero attached hydrogens (tertiary/aromatic N) is 3. The maximum atomic E-state index is 12.6. The van der Waals surface area contributed by atoms with Gasteiger partial charge < -0.3 is 10.1 Å². The lowest BCUT2D eigenvalue weighted by molar-refractivity contribution is 0.0526. The standard InChI is InChI=1S/C19H26N4O3S.ClH/c1-5-23-10-8-14(21-23)17(24)20-18-16(19(25)26-6-2)13-7-9-22(12(3)4)11-15(13)27-18;/h8,10,12H,5-7,9,11H2,1-4H3,(H,20,24);1H. The van der Waals surface area contributed by atoms with Gasteiger partial charge in [0, 0.05) is 36.8 Å². The summed E-state index contributed by atoms with van der Waals surface area (Å²) in [5, 5.41) is 7.68. The van der Waals surface area contributed by atoms with E-state index in [1.54, 1.807) is 23.9 Å². The van der Waals surface area contributed by atoms with Crippen LogP contribution < -0.4 is 5.32 Å². The number of thiophene rings is 1. The van der Waals surface area contributed by atoms with Gasteiger partial charge in [-0.25, -0.2) is 4.79 Å². The van der Waals surface area contributed by atoms with Gasteiger partial charge in [-0.3, -0.25) is 14.4 Å². The highest BCUT2D eigenvalue weighted by atomic mass is 35.5. The molecule has 3 rings (SSSR count). The molecular formula is C19H27ClN4O3S. The molecule has 0 bridgehead atoms. The van der Waals surface area contributed by atoms with Crippen molar-refractivity contribution in [3.05, 3.63) is 34.0 Å². The Hall–Kier alpha value is -1.90. The molecule has 0 aromatic carbocycles. The number of rotatable bonds is 6. The first-order chi connectivity index (χ1) is 12.9. The van der Waals surface area contributed by atoms with E-state index in [0.29, 0.717) is 35.5 Å². The van der Waals surface area contributed by atoms with Crippen LogP contribution in [0.4, 0.5) is 5.00 Å². The summed E-state index contributed by atoms with van der Waals surface area (Å²) in [5.74, 6) is -0.686. The first-order valence-corrected chi connectivity index (χ1v) is 10.2. The quantitative estimate of drug-likeness (QED) is 0.714. The fraction of sp³-hybridized carbons (Fsp3) is 0.526. The van der Waals surface area contributed by atoms with Crippen molar-refractivity contribution in [3.63, 3.8) is 0 Å². The maximum Gasteiger partial charge on any atom is 0.341 e. The number of fused-ring (bicyclic) bond motifs is 1. The fourth-order valence-corrected chi connectivity index (χ4v) is 4.45. The summed E-state index contributed by atoms with van der Waals surface area (Å²) in [6.07, 6.45) is 2.54. The average molecular weight is 427 g/mol. The van der Waals surface area contributed by atoms with E-state index in [1.807, 2.05) is 6.92 Å². The van der Waals surface area contributed by atoms with Gasteiger partial charge in [-0.1, -0.05) is 0 Å². The van der Waals surface area contributed by atoms with Crippen LogP contribution in [0.2, 0.25) is 0 Å². The lowest BCUT2D eigenvalue weighted by atomic mass is 10.0. The molecule has 0 aliphatic carbocycles. The lowest BCUT2D eigenvalue weighted by Crippen LogP contribution is -2.35. The number of hydrogen-bond donors (Lipinski definition) is 1. The zero-order chi connectivity index (χ0) is 19.6. The first-order valence-electron chi connectivity index (χ1n) is 9.35. The van der Waals surface area contributed by atoms with Gasteiger partial charge in [-0.05, 0) is 45.7 Å². The second-order valence-corrected chi connectivity index (χ2v) is 7.86. The van der Waals surface area contributed by atoms with Crippen LogP contribution in [0.1, 0.15) is 59.0 Å². The Morgan fingerprint density at radius 3 is 2.71 bits per heavy atom. The van der Waals surface area contributed by atoms with Crippen LogP contribution in [0, 0.1) is 0 Å². The average Bonchev–Trinajstić information content (AvgIpc) is 3.25. The number of amides is 1. The summed E-state index contributed by atoms with van der Waals surface area (Å²) < 4.78 is 6.95. The summed E-state index contributed by atoms with van der Waals surface area (Å²) in [4.78, 5) is 28.7. The van der Waals surface area contributed by atoms with Gasteiger partial charge in [0.2, 0.25) is 0 Å². The van der Waals surface area contributed by atoms with E-state index in [1.165, 1.54) is 11.3 Å². The molecule has 0 saturated heterocycles. The molecule has 0 unspecified atom stereocenters. The van der Waals surface area contributed by atoms with Crippen LogP contribution in [0.3, 0.4) is 0 Å². The smallest absolute Gasteiger partial charge is 0.341 e. The molecule has 1 amide bonds. The SMILES string of the molecule is CCOC(=O)c1c(NC(=O)c2ccn(CC)n2)sc2c1CCN(C(C)C)C2.Cl. The number of ether oxygens (including phenoxy) is 1. The van der Waals surface area contributed by atoms with Crippen LogP contribution >= 0.6 is 23.7 Å². The molecule has 0 saturated carbocycles. The van der Waals surface area contributed by atoms with E-state index >= 15 is 0 Å². The van der Waals surface area contributed by atoms with Gasteiger partial charge in [0.1, 0.15) is 5.00 Å². The van der Waals surface area contributed by atoms with Crippen LogP contribution in [0.25, 0.3) is 0 Å². The largest absolute Gasteiger partial charge is 0.462 e. The van der Waals surface area contributed by atoms with Gasteiger partial charge in [-0.15, -0.1) is 23.7 Å². The van der Waals surface area contributed by atoms with Gasteiger partial charge in [0.05, 0.1) is 12.2 Å². The molecule has 0 spiro atoms. The first kappa shape index (κ1) is 22.4. The monoisotopic (exact) mass is 426 g/mol. The third-order valence-electron chi connectivity index (χ3n) is 4.72. The van der Waals surface area contributed by atoms with Crippen molar-refractivity contribution in [2.75, 3.05) is 18.5 Å². The number of halogens is 1. The third-order valence-corrected chi connectivity index (χ3v) is 5.85. The topological polar surface area (TPSA) is 76.5 Å². The Labute approximate surface area is 175 Å². The van der Waals surface area contributed by atoms with Crippen LogP contribution in [-0.4, -0.2) is 45.8 Å². The summed E-state index contributed by atoms with van der Waals surface area (Å²) in [7, 11) is 0. The van der Waals surface area contributed by atoms with Gasteiger partial charge in [0.25, 0.3) is 5.91 Å². The number of aryl methyl sites for hydroxylation is 1. The highest BCUT2D eigenvalue weighted by molar-refractivity contribution is 7.17. The molecule has 0 fully saturated rings. The molecule has 3 heterocycles. The zero-order valence-corrected chi connectivity index (χ0v) is 18.3. The minimum Gasteiger partial charge on any atom is -0.462 e. The summed E-state index contributed by atoms with van der Waals surface area (Å²) in [5.41, 5.74) is 1.84. The van der Waals surface area contributed by atoms with E-state index in [2.05, 4.69) is 29.2 Å². The Morgan fingerprint density at radius 1 is 1.36 bits per heavy atom. The highest BCUT2D eigenvalue weighted by Crippen LogP contribution is 2.38. The van der Waals surface area contributed by atoms with Crippen molar-refractivity contribution in [1.82, 2.24) is 14.7 Å². The number of esters is 1. The van der Waals surface area contributed by atoms with E-state index in [0.717, 1.165) is 30.0 Å². The lowest BCUT2D eigenvalue weighted by Gasteiger charge is -2.30. The minimum absolute atomic E-state index is 0. The molecule has 2 aromatic rings. The Morgan fingerprint density at radius 2 is 2.11 bits per heavy atom. The van der Waals surface area contributed by atoms with Crippen molar-refractivity contribution in [2.24, 2.45) is 0 Å². The Kier molecular flexibility index (Phi) is 7.63. The highest BCUT2D eigenvalue weighted by Gasteiger charge is 2.30. The third kappa shape index (κ3) is 4.56. The number of hydrogen-bond acceptors (Lipinski definition) is 6. The molecule has 9 heteroatoms. The minimum atomic E-state index is -0.373. The molecule has 28 heavy (non-hydrogen) atoms. The van der Waals surface area contributed by atoms with Crippen molar-refractivity contribution in [3.8, 4) is 0 Å². The van der Waals surface area contributed by atoms with E-state index in [9.17, 15) is 9.59 Å². The number of anilines is 1. The van der Waals surface area contributed by atoms with Crippen molar-refractivity contribution >= 4 is 40.6 Å². The molecule has 0 atom stereocenters. The maximum absolute atomic E-state index is 12.6. The second kappa shape index (κ2) is 9.54. The van der Waals surface area contributed by atoms with Gasteiger partial charge in [0.15, 0.2) is 5.69 Å². The molecular weight excluding hydrogens is 400 g/mol. The molecule has 1 aliphatic heterocycles. The molecule has 0 radical (unpaired) electrons. The van der Waals surface area contributed by atoms with Gasteiger partial charge >= 0.3 is 5.97 Å². The molecule has 1 N–H and O–H groups in total. The van der Waals surface area contributed by atoms with Gasteiger partial charge in [-0.2, -0.15) is 5.10 Å². The van der Waals surface area contributed by atoms with Crippen molar-refractivity contribution in [1.29, 1.82) is 0 Å². The van der Waals surface area contributed by atoms with Crippen LogP contribution in [-0.2, 0) is 24.2 Å². The number of carbonyl (C=O) groups excluding carboxylic acids is 2. The zero-order valence-electron chi connectivity index (χ0n) is 16.7. The summed E-state index contributed by atoms with van der Waals surface area (Å²) in [6.45, 7) is 10.7. The number of aromatic nitrogens is 2. The number of nitrogens with one attached hydrogen (secondary N) is 1. The van der Waals surface area contributed by atoms with Crippen molar-refractivity contribution < 1.29 is 14.3 Å². The normalized spacial score (nSPS) is 13.8. The molecule has 154 valence electrons. The Bertz CT molecular complexity index is 846. The van der Waals surface area contributed by atoms with E-state index in [-0.39, 0.29) is 24.3 Å². The molecule has 7 nitrogen and oxygen atoms in total. The molecule has 1 aliphatic rings. The fourth-order valence-electron chi connectivity index (χ4n) is 3.20. The summed E-state index contributed by atoms with van der Waals surface area (Å²) >= 11 is 1.46. The van der Waals surface area contributed by atoms with E-state index < -0.39 is 0 Å². The van der Waals surface area contributed by atoms with E-state index in [4.69, 9.17) is 4.74 Å². The summed E-state index contributed by atoms with van der Waals surface area (Å²) in [6, 6.07) is 2.11. The predicted molar refractivity (Wildman–Crippen MR) is 113 cm³/mol. The van der Waals surface area contributed by atoms with Crippen LogP contribution in [0.5, 0.6) is 0 Å². The predicted octanol–water partition coefficient (Wildman–Crippen LogP) is 3.58. The molecule has 2 aromatic heterocycles. The Balaban J connectivity index is 0.00000280. The van der Waals surface area contributed by atoms with Crippen LogP contribution in [0.15, 0.2) is 12.3 Å². The number of carbonyl (C=O) groups is 2. The second-order valence-electron chi connectivity index (χ2n) is 6.75. The van der Waals surface area contributed by atoms with Crippen molar-refractivity contribution in [2.45, 2.75) is 53.2 Å².